The summed E-state index contributed by atoms with van der Waals surface area (Å²) < 4.78 is 32.4. The summed E-state index contributed by atoms with van der Waals surface area (Å²) in [5, 5.41) is 31.2. The van der Waals surface area contributed by atoms with Gasteiger partial charge in [0.1, 0.15) is 30.2 Å². The number of piperidine rings is 1. The number of halogens is 2. The van der Waals surface area contributed by atoms with Gasteiger partial charge in [0.25, 0.3) is 5.91 Å². The van der Waals surface area contributed by atoms with Crippen molar-refractivity contribution in [1.82, 2.24) is 15.1 Å². The predicted molar refractivity (Wildman–Crippen MR) is 137 cm³/mol. The number of likely N-dealkylation sites (tertiary alicyclic amines) is 2. The lowest BCUT2D eigenvalue weighted by Crippen LogP contribution is -2.48. The van der Waals surface area contributed by atoms with Crippen molar-refractivity contribution in [3.05, 3.63) is 47.3 Å². The van der Waals surface area contributed by atoms with Crippen LogP contribution in [0.25, 0.3) is 0 Å². The van der Waals surface area contributed by atoms with Gasteiger partial charge in [-0.25, -0.2) is 13.6 Å². The Balaban J connectivity index is 1.65. The van der Waals surface area contributed by atoms with E-state index >= 15 is 0 Å². The number of carbonyl (C=O) groups excluding carboxylic acids is 2. The average molecular weight is 532 g/mol. The van der Waals surface area contributed by atoms with Crippen LogP contribution in [0.3, 0.4) is 0 Å². The quantitative estimate of drug-likeness (QED) is 0.254. The highest BCUT2D eigenvalue weighted by molar-refractivity contribution is 6.41. The van der Waals surface area contributed by atoms with Crippen LogP contribution >= 0.6 is 0 Å². The molecule has 0 radical (unpaired) electrons. The Morgan fingerprint density at radius 3 is 2.58 bits per heavy atom. The van der Waals surface area contributed by atoms with Crippen molar-refractivity contribution >= 4 is 19.1 Å². The molecule has 0 unspecified atom stereocenters. The van der Waals surface area contributed by atoms with E-state index in [1.165, 1.54) is 24.3 Å². The van der Waals surface area contributed by atoms with Crippen LogP contribution in [0.4, 0.5) is 13.6 Å². The van der Waals surface area contributed by atoms with Gasteiger partial charge in [0, 0.05) is 31.5 Å². The van der Waals surface area contributed by atoms with Gasteiger partial charge in [0.15, 0.2) is 0 Å². The highest BCUT2D eigenvalue weighted by Gasteiger charge is 2.35. The summed E-state index contributed by atoms with van der Waals surface area (Å²) in [6.45, 7) is 4.76. The van der Waals surface area contributed by atoms with Gasteiger partial charge < -0.3 is 25.0 Å². The van der Waals surface area contributed by atoms with Gasteiger partial charge in [-0.1, -0.05) is 12.1 Å². The average Bonchev–Trinajstić information content (AvgIpc) is 3.33. The first-order valence-electron chi connectivity index (χ1n) is 12.9. The fourth-order valence-corrected chi connectivity index (χ4v) is 4.96. The number of alkyl carbamates (subject to hydrolysis) is 1. The Bertz CT molecular complexity index is 1050. The van der Waals surface area contributed by atoms with Crippen LogP contribution < -0.4 is 5.32 Å². The standard InChI is InChI=1S/C26H35BF2N4O5/c1-26(2,32-12-10-21(29)16-32)13-19(15-30)24(34)33-11-4-3-5-22(33)17-38-25(35)31-23(14-27(36)37)18-6-8-20(28)9-7-18/h6-9,13,21-23,36-37H,3-5,10-12,14,16-17H2,1-2H3,(H,31,35)/t21-,22+,23+/m0/s1. The lowest BCUT2D eigenvalue weighted by molar-refractivity contribution is -0.131. The summed E-state index contributed by atoms with van der Waals surface area (Å²) in [5.74, 6) is -0.930. The summed E-state index contributed by atoms with van der Waals surface area (Å²) in [6, 6.07) is 5.97. The first-order chi connectivity index (χ1) is 18.0. The smallest absolute Gasteiger partial charge is 0.447 e. The van der Waals surface area contributed by atoms with E-state index in [1.807, 2.05) is 24.8 Å². The van der Waals surface area contributed by atoms with Crippen molar-refractivity contribution in [3.63, 3.8) is 0 Å². The number of rotatable bonds is 9. The van der Waals surface area contributed by atoms with E-state index < -0.39 is 48.7 Å². The molecule has 0 saturated carbocycles. The zero-order chi connectivity index (χ0) is 27.9. The van der Waals surface area contributed by atoms with Gasteiger partial charge in [0.05, 0.1) is 12.1 Å². The van der Waals surface area contributed by atoms with Crippen molar-refractivity contribution in [2.24, 2.45) is 0 Å². The third-order valence-corrected chi connectivity index (χ3v) is 7.10. The second-order valence-corrected chi connectivity index (χ2v) is 10.4. The molecule has 2 heterocycles. The summed E-state index contributed by atoms with van der Waals surface area (Å²) in [6.07, 6.45) is 2.14. The molecular weight excluding hydrogens is 497 g/mol. The molecule has 1 aromatic carbocycles. The molecule has 206 valence electrons. The van der Waals surface area contributed by atoms with Crippen molar-refractivity contribution in [3.8, 4) is 6.07 Å². The topological polar surface area (TPSA) is 126 Å². The molecule has 12 heteroatoms. The van der Waals surface area contributed by atoms with Crippen LogP contribution in [-0.2, 0) is 9.53 Å². The number of alkyl halides is 1. The van der Waals surface area contributed by atoms with E-state index in [9.17, 15) is 33.7 Å². The van der Waals surface area contributed by atoms with Crippen molar-refractivity contribution in [2.45, 2.75) is 69.6 Å². The van der Waals surface area contributed by atoms with E-state index in [0.717, 1.165) is 12.8 Å². The lowest BCUT2D eigenvalue weighted by Gasteiger charge is -2.36. The molecular formula is C26H35BF2N4O5. The number of carbonyl (C=O) groups is 2. The third kappa shape index (κ3) is 8.00. The molecule has 1 aromatic rings. The van der Waals surface area contributed by atoms with Gasteiger partial charge >= 0.3 is 13.2 Å². The van der Waals surface area contributed by atoms with E-state index in [-0.39, 0.29) is 25.0 Å². The number of nitrogens with zero attached hydrogens (tertiary/aromatic N) is 3. The van der Waals surface area contributed by atoms with Gasteiger partial charge in [-0.3, -0.25) is 9.69 Å². The van der Waals surface area contributed by atoms with E-state index in [2.05, 4.69) is 5.32 Å². The second-order valence-electron chi connectivity index (χ2n) is 10.4. The SMILES string of the molecule is CC(C)(C=C(C#N)C(=O)N1CCCC[C@@H]1COC(=O)N[C@H](CB(O)O)c1ccc(F)cc1)N1CC[C@H](F)C1. The molecule has 0 aromatic heterocycles. The van der Waals surface area contributed by atoms with Crippen molar-refractivity contribution in [1.29, 1.82) is 5.26 Å². The molecule has 2 amide bonds. The Kier molecular flexibility index (Phi) is 10.2. The molecule has 3 rings (SSSR count). The fourth-order valence-electron chi connectivity index (χ4n) is 4.96. The minimum absolute atomic E-state index is 0.0398. The molecule has 2 aliphatic rings. The molecule has 9 nitrogen and oxygen atoms in total. The van der Waals surface area contributed by atoms with Crippen molar-refractivity contribution in [2.75, 3.05) is 26.2 Å². The molecule has 2 aliphatic heterocycles. The minimum Gasteiger partial charge on any atom is -0.447 e. The Labute approximate surface area is 222 Å². The molecule has 2 saturated heterocycles. The maximum atomic E-state index is 13.7. The number of benzene rings is 1. The lowest BCUT2D eigenvalue weighted by atomic mass is 9.79. The van der Waals surface area contributed by atoms with Crippen LogP contribution in [0.5, 0.6) is 0 Å². The number of amides is 2. The van der Waals surface area contributed by atoms with E-state index in [4.69, 9.17) is 4.74 Å². The molecule has 3 N–H and O–H groups in total. The highest BCUT2D eigenvalue weighted by Crippen LogP contribution is 2.27. The summed E-state index contributed by atoms with van der Waals surface area (Å²) in [5.41, 5.74) is -0.257. The van der Waals surface area contributed by atoms with E-state index in [1.54, 1.807) is 11.0 Å². The first-order valence-corrected chi connectivity index (χ1v) is 12.9. The van der Waals surface area contributed by atoms with Crippen LogP contribution in [-0.4, -0.2) is 83.0 Å². The Morgan fingerprint density at radius 1 is 1.26 bits per heavy atom. The van der Waals surface area contributed by atoms with Crippen LogP contribution in [0, 0.1) is 17.1 Å². The van der Waals surface area contributed by atoms with E-state index in [0.29, 0.717) is 31.5 Å². The normalized spacial score (nSPS) is 21.5. The third-order valence-electron chi connectivity index (χ3n) is 7.10. The largest absolute Gasteiger partial charge is 0.453 e. The monoisotopic (exact) mass is 532 g/mol. The summed E-state index contributed by atoms with van der Waals surface area (Å²) in [4.78, 5) is 29.4. The maximum Gasteiger partial charge on any atom is 0.453 e. The number of hydrogen-bond acceptors (Lipinski definition) is 7. The molecule has 0 spiro atoms. The fraction of sp³-hybridized carbons (Fsp3) is 0.577. The van der Waals surface area contributed by atoms with Gasteiger partial charge in [0.2, 0.25) is 0 Å². The molecule has 2 fully saturated rings. The van der Waals surface area contributed by atoms with Gasteiger partial charge in [-0.2, -0.15) is 5.26 Å². The summed E-state index contributed by atoms with van der Waals surface area (Å²) in [7, 11) is -1.71. The minimum atomic E-state index is -1.71. The van der Waals surface area contributed by atoms with Gasteiger partial charge in [-0.05, 0) is 63.3 Å². The number of nitrogens with one attached hydrogen (secondary N) is 1. The van der Waals surface area contributed by atoms with Crippen LogP contribution in [0.15, 0.2) is 35.9 Å². The molecule has 0 aliphatic carbocycles. The number of nitriles is 1. The number of ether oxygens (including phenoxy) is 1. The highest BCUT2D eigenvalue weighted by atomic mass is 19.1. The van der Waals surface area contributed by atoms with Crippen molar-refractivity contribution < 1.29 is 33.2 Å². The molecule has 38 heavy (non-hydrogen) atoms. The zero-order valence-electron chi connectivity index (χ0n) is 21.8. The van der Waals surface area contributed by atoms with Gasteiger partial charge in [-0.15, -0.1) is 0 Å². The Hall–Kier alpha value is -3.01. The predicted octanol–water partition coefficient (Wildman–Crippen LogP) is 2.72. The Morgan fingerprint density at radius 2 is 1.97 bits per heavy atom. The summed E-state index contributed by atoms with van der Waals surface area (Å²) >= 11 is 0. The maximum absolute atomic E-state index is 13.7. The van der Waals surface area contributed by atoms with Crippen LogP contribution in [0.2, 0.25) is 6.32 Å². The zero-order valence-corrected chi connectivity index (χ0v) is 21.8. The van der Waals surface area contributed by atoms with Crippen LogP contribution in [0.1, 0.15) is 51.1 Å². The second kappa shape index (κ2) is 13.2. The number of hydrogen-bond donors (Lipinski definition) is 3. The molecule has 3 atom stereocenters. The molecule has 0 bridgehead atoms. The first kappa shape index (κ1) is 29.5.